The summed E-state index contributed by atoms with van der Waals surface area (Å²) in [5.41, 5.74) is 1.33. The van der Waals surface area contributed by atoms with Gasteiger partial charge in [-0.1, -0.05) is 48.0 Å². The van der Waals surface area contributed by atoms with Gasteiger partial charge in [0.2, 0.25) is 0 Å². The first-order valence-corrected chi connectivity index (χ1v) is 7.68. The van der Waals surface area contributed by atoms with Crippen molar-refractivity contribution in [1.29, 1.82) is 0 Å². The monoisotopic (exact) mass is 312 g/mol. The van der Waals surface area contributed by atoms with Crippen LogP contribution in [-0.4, -0.2) is 31.1 Å². The molecule has 0 radical (unpaired) electrons. The Bertz CT molecular complexity index is 341. The third-order valence-electron chi connectivity index (χ3n) is 3.24. The lowest BCUT2D eigenvalue weighted by Crippen LogP contribution is -2.33. The Morgan fingerprint density at radius 3 is 2.56 bits per heavy atom. The van der Waals surface area contributed by atoms with Crippen LogP contribution < -0.4 is 5.32 Å². The standard InChI is InChI=1S/C15H25BrN2/c1-4-11-18(5-2)12-10-17-13(3)14-8-6-7-9-15(14)16/h6-9,13,17H,4-5,10-12H2,1-3H3. The van der Waals surface area contributed by atoms with Crippen molar-refractivity contribution in [1.82, 2.24) is 10.2 Å². The van der Waals surface area contributed by atoms with Crippen molar-refractivity contribution >= 4 is 15.9 Å². The number of hydrogen-bond donors (Lipinski definition) is 1. The van der Waals surface area contributed by atoms with Gasteiger partial charge >= 0.3 is 0 Å². The van der Waals surface area contributed by atoms with E-state index in [-0.39, 0.29) is 0 Å². The van der Waals surface area contributed by atoms with E-state index in [0.29, 0.717) is 6.04 Å². The smallest absolute Gasteiger partial charge is 0.0303 e. The van der Waals surface area contributed by atoms with E-state index in [2.05, 4.69) is 71.2 Å². The molecule has 0 heterocycles. The number of hydrogen-bond acceptors (Lipinski definition) is 2. The Kier molecular flexibility index (Phi) is 7.56. The molecule has 0 aliphatic rings. The summed E-state index contributed by atoms with van der Waals surface area (Å²) in [5.74, 6) is 0. The fourth-order valence-corrected chi connectivity index (χ4v) is 2.75. The Morgan fingerprint density at radius 1 is 1.22 bits per heavy atom. The third kappa shape index (κ3) is 5.09. The normalized spacial score (nSPS) is 12.9. The van der Waals surface area contributed by atoms with Crippen LogP contribution in [0.1, 0.15) is 38.8 Å². The van der Waals surface area contributed by atoms with Gasteiger partial charge in [-0.2, -0.15) is 0 Å². The fourth-order valence-electron chi connectivity index (χ4n) is 2.12. The molecule has 2 nitrogen and oxygen atoms in total. The van der Waals surface area contributed by atoms with E-state index in [1.807, 2.05) is 0 Å². The average Bonchev–Trinajstić information content (AvgIpc) is 2.38. The molecule has 0 saturated carbocycles. The lowest BCUT2D eigenvalue weighted by molar-refractivity contribution is 0.284. The molecule has 18 heavy (non-hydrogen) atoms. The quantitative estimate of drug-likeness (QED) is 0.784. The first-order chi connectivity index (χ1) is 8.69. The molecule has 1 aromatic rings. The molecular formula is C15H25BrN2. The topological polar surface area (TPSA) is 15.3 Å². The van der Waals surface area contributed by atoms with Crippen LogP contribution in [0.15, 0.2) is 28.7 Å². The van der Waals surface area contributed by atoms with Gasteiger partial charge in [0.05, 0.1) is 0 Å². The van der Waals surface area contributed by atoms with Crippen LogP contribution in [0.4, 0.5) is 0 Å². The molecule has 0 aliphatic carbocycles. The predicted octanol–water partition coefficient (Wildman–Crippen LogP) is 3.83. The molecule has 0 aromatic heterocycles. The lowest BCUT2D eigenvalue weighted by Gasteiger charge is -2.22. The number of halogens is 1. The highest BCUT2D eigenvalue weighted by Crippen LogP contribution is 2.22. The lowest BCUT2D eigenvalue weighted by atomic mass is 10.1. The van der Waals surface area contributed by atoms with Crippen molar-refractivity contribution in [3.8, 4) is 0 Å². The molecule has 1 aromatic carbocycles. The Hall–Kier alpha value is -0.380. The van der Waals surface area contributed by atoms with Crippen molar-refractivity contribution in [3.63, 3.8) is 0 Å². The summed E-state index contributed by atoms with van der Waals surface area (Å²) in [4.78, 5) is 2.49. The summed E-state index contributed by atoms with van der Waals surface area (Å²) < 4.78 is 1.19. The van der Waals surface area contributed by atoms with E-state index in [1.165, 1.54) is 23.0 Å². The number of benzene rings is 1. The van der Waals surface area contributed by atoms with Crippen LogP contribution in [0.3, 0.4) is 0 Å². The summed E-state index contributed by atoms with van der Waals surface area (Å²) in [6, 6.07) is 8.81. The van der Waals surface area contributed by atoms with Gasteiger partial charge in [-0.25, -0.2) is 0 Å². The SMILES string of the molecule is CCCN(CC)CCNC(C)c1ccccc1Br. The largest absolute Gasteiger partial charge is 0.309 e. The van der Waals surface area contributed by atoms with E-state index in [1.54, 1.807) is 0 Å². The molecule has 1 rings (SSSR count). The van der Waals surface area contributed by atoms with Crippen LogP contribution in [0.2, 0.25) is 0 Å². The second kappa shape index (κ2) is 8.68. The van der Waals surface area contributed by atoms with Crippen molar-refractivity contribution in [2.75, 3.05) is 26.2 Å². The highest BCUT2D eigenvalue weighted by molar-refractivity contribution is 9.10. The van der Waals surface area contributed by atoms with Crippen LogP contribution in [0.5, 0.6) is 0 Å². The minimum atomic E-state index is 0.390. The Morgan fingerprint density at radius 2 is 1.94 bits per heavy atom. The fraction of sp³-hybridized carbons (Fsp3) is 0.600. The number of rotatable bonds is 8. The van der Waals surface area contributed by atoms with Crippen molar-refractivity contribution < 1.29 is 0 Å². The summed E-state index contributed by atoms with van der Waals surface area (Å²) in [7, 11) is 0. The van der Waals surface area contributed by atoms with Gasteiger partial charge in [-0.05, 0) is 38.1 Å². The van der Waals surface area contributed by atoms with E-state index >= 15 is 0 Å². The zero-order chi connectivity index (χ0) is 13.4. The molecule has 0 spiro atoms. The zero-order valence-corrected chi connectivity index (χ0v) is 13.3. The summed E-state index contributed by atoms with van der Waals surface area (Å²) in [5, 5.41) is 3.59. The Labute approximate surface area is 120 Å². The minimum Gasteiger partial charge on any atom is -0.309 e. The zero-order valence-electron chi connectivity index (χ0n) is 11.7. The van der Waals surface area contributed by atoms with Gasteiger partial charge < -0.3 is 10.2 Å². The minimum absolute atomic E-state index is 0.390. The van der Waals surface area contributed by atoms with Crippen molar-refractivity contribution in [2.24, 2.45) is 0 Å². The maximum absolute atomic E-state index is 3.61. The van der Waals surface area contributed by atoms with E-state index in [0.717, 1.165) is 19.6 Å². The average molecular weight is 313 g/mol. The highest BCUT2D eigenvalue weighted by Gasteiger charge is 2.08. The van der Waals surface area contributed by atoms with E-state index < -0.39 is 0 Å². The maximum Gasteiger partial charge on any atom is 0.0303 e. The van der Waals surface area contributed by atoms with E-state index in [4.69, 9.17) is 0 Å². The second-order valence-corrected chi connectivity index (χ2v) is 5.49. The molecule has 0 bridgehead atoms. The third-order valence-corrected chi connectivity index (χ3v) is 3.96. The number of nitrogens with zero attached hydrogens (tertiary/aromatic N) is 1. The summed E-state index contributed by atoms with van der Waals surface area (Å²) in [6.07, 6.45) is 1.23. The van der Waals surface area contributed by atoms with Gasteiger partial charge in [-0.15, -0.1) is 0 Å². The highest BCUT2D eigenvalue weighted by atomic mass is 79.9. The Balaban J connectivity index is 2.37. The van der Waals surface area contributed by atoms with Crippen molar-refractivity contribution in [2.45, 2.75) is 33.2 Å². The molecule has 1 atom stereocenters. The molecule has 0 aliphatic heterocycles. The van der Waals surface area contributed by atoms with Crippen LogP contribution in [0.25, 0.3) is 0 Å². The molecular weight excluding hydrogens is 288 g/mol. The van der Waals surface area contributed by atoms with Crippen LogP contribution in [0, 0.1) is 0 Å². The van der Waals surface area contributed by atoms with E-state index in [9.17, 15) is 0 Å². The van der Waals surface area contributed by atoms with Crippen LogP contribution >= 0.6 is 15.9 Å². The second-order valence-electron chi connectivity index (χ2n) is 4.63. The molecule has 102 valence electrons. The maximum atomic E-state index is 3.61. The summed E-state index contributed by atoms with van der Waals surface area (Å²) in [6.45, 7) is 11.2. The number of nitrogens with one attached hydrogen (secondary N) is 1. The van der Waals surface area contributed by atoms with Crippen molar-refractivity contribution in [3.05, 3.63) is 34.3 Å². The molecule has 1 N–H and O–H groups in total. The molecule has 0 amide bonds. The first kappa shape index (κ1) is 15.7. The first-order valence-electron chi connectivity index (χ1n) is 6.89. The molecule has 0 saturated heterocycles. The van der Waals surface area contributed by atoms with Crippen LogP contribution in [-0.2, 0) is 0 Å². The number of likely N-dealkylation sites (N-methyl/N-ethyl adjacent to an activating group) is 1. The van der Waals surface area contributed by atoms with Gasteiger partial charge in [0.25, 0.3) is 0 Å². The van der Waals surface area contributed by atoms with Gasteiger partial charge in [0.1, 0.15) is 0 Å². The van der Waals surface area contributed by atoms with Gasteiger partial charge in [0, 0.05) is 23.6 Å². The summed E-state index contributed by atoms with van der Waals surface area (Å²) >= 11 is 3.61. The predicted molar refractivity (Wildman–Crippen MR) is 83.0 cm³/mol. The molecule has 1 unspecified atom stereocenters. The van der Waals surface area contributed by atoms with Gasteiger partial charge in [0.15, 0.2) is 0 Å². The molecule has 3 heteroatoms. The van der Waals surface area contributed by atoms with Gasteiger partial charge in [-0.3, -0.25) is 0 Å². The molecule has 0 fully saturated rings.